The predicted octanol–water partition coefficient (Wildman–Crippen LogP) is 5.34. The van der Waals surface area contributed by atoms with Gasteiger partial charge < -0.3 is 10.4 Å². The van der Waals surface area contributed by atoms with Crippen LogP contribution in [0.3, 0.4) is 0 Å². The molecule has 0 unspecified atom stereocenters. The molecule has 0 aromatic carbocycles. The molecular formula is C21H39ClN2O3. The Kier molecular flexibility index (Phi) is 18.9. The van der Waals surface area contributed by atoms with Gasteiger partial charge in [-0.1, -0.05) is 70.4 Å². The lowest BCUT2D eigenvalue weighted by molar-refractivity contribution is -0.141. The van der Waals surface area contributed by atoms with Gasteiger partial charge in [-0.05, 0) is 43.9 Å². The second-order valence-corrected chi connectivity index (χ2v) is 7.40. The van der Waals surface area contributed by atoms with Crippen LogP contribution in [0.1, 0.15) is 96.8 Å². The Labute approximate surface area is 170 Å². The third-order valence-electron chi connectivity index (χ3n) is 4.58. The maximum absolute atomic E-state index is 11.7. The maximum Gasteiger partial charge on any atom is 0.327 e. The minimum absolute atomic E-state index is 0.00893. The number of carboxylic acids is 1. The first-order valence-corrected chi connectivity index (χ1v) is 11.0. The van der Waals surface area contributed by atoms with E-state index < -0.39 is 12.0 Å². The van der Waals surface area contributed by atoms with Crippen molar-refractivity contribution < 1.29 is 14.7 Å². The first kappa shape index (κ1) is 25.9. The summed E-state index contributed by atoms with van der Waals surface area (Å²) in [6, 6.07) is -0.974. The van der Waals surface area contributed by atoms with E-state index in [-0.39, 0.29) is 12.5 Å². The zero-order chi connectivity index (χ0) is 20.2. The van der Waals surface area contributed by atoms with Gasteiger partial charge >= 0.3 is 5.97 Å². The SMILES string of the molecule is CCCCCCCC/C=C\CCCCCCCC(=O)N[C@@H](CNCl)C(=O)O. The van der Waals surface area contributed by atoms with Crippen LogP contribution >= 0.6 is 11.8 Å². The Morgan fingerprint density at radius 2 is 1.41 bits per heavy atom. The van der Waals surface area contributed by atoms with Crippen LogP contribution in [0.5, 0.6) is 0 Å². The Morgan fingerprint density at radius 3 is 1.93 bits per heavy atom. The number of nitrogens with one attached hydrogen (secondary N) is 2. The molecule has 0 aliphatic rings. The van der Waals surface area contributed by atoms with Crippen LogP contribution in [0, 0.1) is 0 Å². The van der Waals surface area contributed by atoms with E-state index in [9.17, 15) is 9.59 Å². The monoisotopic (exact) mass is 402 g/mol. The van der Waals surface area contributed by atoms with Crippen molar-refractivity contribution in [2.45, 2.75) is 103 Å². The number of amides is 1. The number of aliphatic carboxylic acids is 1. The molecule has 27 heavy (non-hydrogen) atoms. The lowest BCUT2D eigenvalue weighted by Gasteiger charge is -2.13. The molecular weight excluding hydrogens is 364 g/mol. The summed E-state index contributed by atoms with van der Waals surface area (Å²) < 4.78 is 0. The average molecular weight is 403 g/mol. The molecule has 0 aromatic rings. The highest BCUT2D eigenvalue weighted by atomic mass is 35.5. The van der Waals surface area contributed by atoms with Crippen LogP contribution < -0.4 is 10.2 Å². The quantitative estimate of drug-likeness (QED) is 0.155. The molecule has 0 radical (unpaired) electrons. The maximum atomic E-state index is 11.7. The normalized spacial score (nSPS) is 12.4. The number of hydrogen-bond donors (Lipinski definition) is 3. The van der Waals surface area contributed by atoms with E-state index in [1.165, 1.54) is 57.8 Å². The summed E-state index contributed by atoms with van der Waals surface area (Å²) >= 11 is 5.30. The Balaban J connectivity index is 3.42. The molecule has 3 N–H and O–H groups in total. The molecule has 0 aliphatic carbocycles. The van der Waals surface area contributed by atoms with Gasteiger partial charge in [-0.25, -0.2) is 9.63 Å². The van der Waals surface area contributed by atoms with E-state index in [1.807, 2.05) is 0 Å². The van der Waals surface area contributed by atoms with Crippen molar-refractivity contribution in [3.63, 3.8) is 0 Å². The molecule has 6 heteroatoms. The van der Waals surface area contributed by atoms with Crippen LogP contribution in [0.2, 0.25) is 0 Å². The van der Waals surface area contributed by atoms with E-state index in [0.717, 1.165) is 25.7 Å². The fourth-order valence-electron chi connectivity index (χ4n) is 2.90. The molecule has 0 saturated heterocycles. The summed E-state index contributed by atoms with van der Waals surface area (Å²) in [6.07, 6.45) is 20.7. The number of carbonyl (C=O) groups excluding carboxylic acids is 1. The van der Waals surface area contributed by atoms with E-state index >= 15 is 0 Å². The largest absolute Gasteiger partial charge is 0.480 e. The number of rotatable bonds is 19. The Bertz CT molecular complexity index is 403. The van der Waals surface area contributed by atoms with E-state index in [4.69, 9.17) is 16.9 Å². The van der Waals surface area contributed by atoms with Crippen molar-refractivity contribution in [2.24, 2.45) is 0 Å². The number of unbranched alkanes of at least 4 members (excludes halogenated alkanes) is 11. The van der Waals surface area contributed by atoms with Crippen molar-refractivity contribution in [1.82, 2.24) is 10.2 Å². The second-order valence-electron chi connectivity index (χ2n) is 7.13. The minimum atomic E-state index is -1.08. The molecule has 0 saturated carbocycles. The third-order valence-corrected chi connectivity index (χ3v) is 4.73. The van der Waals surface area contributed by atoms with Gasteiger partial charge in [-0.2, -0.15) is 0 Å². The fraction of sp³-hybridized carbons (Fsp3) is 0.810. The van der Waals surface area contributed by atoms with Gasteiger partial charge in [0, 0.05) is 13.0 Å². The number of hydrogen-bond acceptors (Lipinski definition) is 3. The van der Waals surface area contributed by atoms with E-state index in [0.29, 0.717) is 6.42 Å². The van der Waals surface area contributed by atoms with Gasteiger partial charge in [-0.3, -0.25) is 4.79 Å². The lowest BCUT2D eigenvalue weighted by Crippen LogP contribution is -2.45. The molecule has 0 rings (SSSR count). The van der Waals surface area contributed by atoms with Crippen molar-refractivity contribution in [1.29, 1.82) is 0 Å². The topological polar surface area (TPSA) is 78.4 Å². The van der Waals surface area contributed by atoms with Crippen LogP contribution in [0.25, 0.3) is 0 Å². The highest BCUT2D eigenvalue weighted by molar-refractivity contribution is 6.13. The summed E-state index contributed by atoms with van der Waals surface area (Å²) in [6.45, 7) is 2.26. The van der Waals surface area contributed by atoms with Gasteiger partial charge in [0.15, 0.2) is 0 Å². The minimum Gasteiger partial charge on any atom is -0.480 e. The Hall–Kier alpha value is -1.07. The molecule has 0 aliphatic heterocycles. The smallest absolute Gasteiger partial charge is 0.327 e. The number of carboxylic acid groups (broad SMARTS) is 1. The average Bonchev–Trinajstić information content (AvgIpc) is 2.64. The van der Waals surface area contributed by atoms with Gasteiger partial charge in [0.1, 0.15) is 6.04 Å². The lowest BCUT2D eigenvalue weighted by atomic mass is 10.1. The standard InChI is InChI=1S/C21H39ClN2O3/c1-2-3-4-5-6-7-8-9-10-11-12-13-14-15-16-17-20(25)24-19(18-23-22)21(26)27/h9-10,19,23H,2-8,11-18H2,1H3,(H,24,25)(H,26,27)/b10-9-/t19-/m0/s1. The van der Waals surface area contributed by atoms with Crippen LogP contribution in [-0.2, 0) is 9.59 Å². The molecule has 1 amide bonds. The molecule has 158 valence electrons. The summed E-state index contributed by atoms with van der Waals surface area (Å²) in [7, 11) is 0. The van der Waals surface area contributed by atoms with Gasteiger partial charge in [0.25, 0.3) is 0 Å². The fourth-order valence-corrected chi connectivity index (χ4v) is 3.05. The highest BCUT2D eigenvalue weighted by Gasteiger charge is 2.18. The second kappa shape index (κ2) is 19.7. The number of halogens is 1. The molecule has 5 nitrogen and oxygen atoms in total. The van der Waals surface area contributed by atoms with Crippen molar-refractivity contribution in [2.75, 3.05) is 6.54 Å². The van der Waals surface area contributed by atoms with Crippen LogP contribution in [0.4, 0.5) is 0 Å². The summed E-state index contributed by atoms with van der Waals surface area (Å²) in [5.41, 5.74) is 0. The molecule has 0 aromatic heterocycles. The molecule has 0 fully saturated rings. The zero-order valence-electron chi connectivity index (χ0n) is 17.0. The predicted molar refractivity (Wildman–Crippen MR) is 113 cm³/mol. The zero-order valence-corrected chi connectivity index (χ0v) is 17.7. The Morgan fingerprint density at radius 1 is 0.889 bits per heavy atom. The van der Waals surface area contributed by atoms with Crippen molar-refractivity contribution in [3.8, 4) is 0 Å². The van der Waals surface area contributed by atoms with Crippen LogP contribution in [0.15, 0.2) is 12.2 Å². The summed E-state index contributed by atoms with van der Waals surface area (Å²) in [5, 5.41) is 11.4. The van der Waals surface area contributed by atoms with Gasteiger partial charge in [0.2, 0.25) is 5.91 Å². The van der Waals surface area contributed by atoms with E-state index in [2.05, 4.69) is 29.2 Å². The van der Waals surface area contributed by atoms with Crippen molar-refractivity contribution >= 4 is 23.7 Å². The molecule has 0 heterocycles. The van der Waals surface area contributed by atoms with Crippen LogP contribution in [-0.4, -0.2) is 29.6 Å². The van der Waals surface area contributed by atoms with Gasteiger partial charge in [0.05, 0.1) is 0 Å². The van der Waals surface area contributed by atoms with E-state index in [1.54, 1.807) is 0 Å². The molecule has 0 spiro atoms. The summed E-state index contributed by atoms with van der Waals surface area (Å²) in [4.78, 5) is 24.9. The first-order valence-electron chi connectivity index (χ1n) is 10.6. The summed E-state index contributed by atoms with van der Waals surface area (Å²) in [5.74, 6) is -1.31. The molecule has 0 bridgehead atoms. The number of carbonyl (C=O) groups is 2. The highest BCUT2D eigenvalue weighted by Crippen LogP contribution is 2.10. The van der Waals surface area contributed by atoms with Crippen molar-refractivity contribution in [3.05, 3.63) is 12.2 Å². The van der Waals surface area contributed by atoms with Gasteiger partial charge in [-0.15, -0.1) is 0 Å². The third kappa shape index (κ3) is 18.1. The number of allylic oxidation sites excluding steroid dienone is 2. The first-order chi connectivity index (χ1) is 13.1. The molecule has 1 atom stereocenters.